The molecule has 0 radical (unpaired) electrons. The summed E-state index contributed by atoms with van der Waals surface area (Å²) in [5.74, 6) is 0. The van der Waals surface area contributed by atoms with Crippen LogP contribution in [0, 0.1) is 6.92 Å². The predicted molar refractivity (Wildman–Crippen MR) is 71.6 cm³/mol. The van der Waals surface area contributed by atoms with Crippen molar-refractivity contribution in [2.75, 3.05) is 0 Å². The number of aryl methyl sites for hydroxylation is 1. The maximum Gasteiger partial charge on any atom is 0.0898 e. The van der Waals surface area contributed by atoms with Crippen LogP contribution in [0.25, 0.3) is 0 Å². The molecule has 90 valence electrons. The van der Waals surface area contributed by atoms with Crippen LogP contribution >= 0.6 is 0 Å². The number of rotatable bonds is 3. The first kappa shape index (κ1) is 12.1. The third kappa shape index (κ3) is 4.16. The van der Waals surface area contributed by atoms with E-state index >= 15 is 0 Å². The normalized spacial score (nSPS) is 16.3. The van der Waals surface area contributed by atoms with Crippen LogP contribution in [0.5, 0.6) is 0 Å². The minimum absolute atomic E-state index is 0.477. The smallest absolute Gasteiger partial charge is 0.0898 e. The molecule has 2 nitrogen and oxygen atoms in total. The summed E-state index contributed by atoms with van der Waals surface area (Å²) in [5.41, 5.74) is 2.51. The van der Waals surface area contributed by atoms with E-state index in [0.717, 1.165) is 0 Å². The number of hydrogen-bond donors (Lipinski definition) is 0. The molecule has 0 amide bonds. The highest BCUT2D eigenvalue weighted by atomic mass is 14.8. The topological polar surface area (TPSA) is 24.7 Å². The van der Waals surface area contributed by atoms with Crippen LogP contribution in [0.4, 0.5) is 0 Å². The Morgan fingerprint density at radius 2 is 1.82 bits per heavy atom. The van der Waals surface area contributed by atoms with Crippen LogP contribution in [0.3, 0.4) is 0 Å². The largest absolute Gasteiger partial charge is 0.222 e. The van der Waals surface area contributed by atoms with Gasteiger partial charge in [-0.05, 0) is 25.3 Å². The zero-order chi connectivity index (χ0) is 11.9. The molecule has 0 atom stereocenters. The molecule has 2 heteroatoms. The molecule has 1 aromatic carbocycles. The van der Waals surface area contributed by atoms with E-state index in [-0.39, 0.29) is 0 Å². The second-order valence-electron chi connectivity index (χ2n) is 4.82. The van der Waals surface area contributed by atoms with Gasteiger partial charge in [-0.3, -0.25) is 0 Å². The predicted octanol–water partition coefficient (Wildman–Crippen LogP) is 4.00. The number of nitrogens with zero attached hydrogens (tertiary/aromatic N) is 2. The third-order valence-corrected chi connectivity index (χ3v) is 3.27. The Kier molecular flexibility index (Phi) is 4.52. The SMILES string of the molecule is Cc1ccc(CN=C=NC2CCCCC2)cc1. The number of aliphatic imine (C=N–C) groups is 2. The molecule has 1 aliphatic rings. The van der Waals surface area contributed by atoms with E-state index in [1.54, 1.807) is 0 Å². The van der Waals surface area contributed by atoms with Crippen LogP contribution in [-0.4, -0.2) is 12.1 Å². The molecule has 2 rings (SSSR count). The van der Waals surface area contributed by atoms with E-state index in [4.69, 9.17) is 0 Å². The zero-order valence-electron chi connectivity index (χ0n) is 10.5. The van der Waals surface area contributed by atoms with Gasteiger partial charge in [0.1, 0.15) is 0 Å². The van der Waals surface area contributed by atoms with Gasteiger partial charge in [0.05, 0.1) is 18.6 Å². The van der Waals surface area contributed by atoms with Crippen LogP contribution in [0.2, 0.25) is 0 Å². The Morgan fingerprint density at radius 1 is 1.12 bits per heavy atom. The van der Waals surface area contributed by atoms with Crippen molar-refractivity contribution in [3.05, 3.63) is 35.4 Å². The fourth-order valence-corrected chi connectivity index (χ4v) is 2.15. The average molecular weight is 228 g/mol. The Bertz CT molecular complexity index is 393. The highest BCUT2D eigenvalue weighted by Crippen LogP contribution is 2.19. The van der Waals surface area contributed by atoms with Crippen molar-refractivity contribution in [3.63, 3.8) is 0 Å². The van der Waals surface area contributed by atoms with Gasteiger partial charge >= 0.3 is 0 Å². The van der Waals surface area contributed by atoms with Gasteiger partial charge in [0.2, 0.25) is 0 Å². The standard InChI is InChI=1S/C15H20N2/c1-13-7-9-14(10-8-13)11-16-12-17-15-5-3-2-4-6-15/h7-10,15H,2-6,11H2,1H3. The summed E-state index contributed by atoms with van der Waals surface area (Å²) in [7, 11) is 0. The van der Waals surface area contributed by atoms with Crippen LogP contribution < -0.4 is 0 Å². The van der Waals surface area contributed by atoms with Crippen molar-refractivity contribution in [1.82, 2.24) is 0 Å². The van der Waals surface area contributed by atoms with Crippen LogP contribution in [0.1, 0.15) is 43.2 Å². The van der Waals surface area contributed by atoms with Crippen molar-refractivity contribution in [1.29, 1.82) is 0 Å². The lowest BCUT2D eigenvalue weighted by Crippen LogP contribution is -2.08. The van der Waals surface area contributed by atoms with Gasteiger partial charge in [0.15, 0.2) is 0 Å². The lowest BCUT2D eigenvalue weighted by Gasteiger charge is -2.15. The van der Waals surface area contributed by atoms with Crippen molar-refractivity contribution in [2.45, 2.75) is 51.6 Å². The van der Waals surface area contributed by atoms with Gasteiger partial charge in [-0.15, -0.1) is 0 Å². The lowest BCUT2D eigenvalue weighted by molar-refractivity contribution is 0.444. The van der Waals surface area contributed by atoms with Crippen molar-refractivity contribution < 1.29 is 0 Å². The summed E-state index contributed by atoms with van der Waals surface area (Å²) in [4.78, 5) is 8.65. The molecule has 17 heavy (non-hydrogen) atoms. The van der Waals surface area contributed by atoms with Gasteiger partial charge in [-0.2, -0.15) is 0 Å². The van der Waals surface area contributed by atoms with Crippen molar-refractivity contribution >= 4 is 6.01 Å². The van der Waals surface area contributed by atoms with E-state index in [0.29, 0.717) is 12.6 Å². The van der Waals surface area contributed by atoms with Gasteiger partial charge in [-0.1, -0.05) is 49.1 Å². The summed E-state index contributed by atoms with van der Waals surface area (Å²) in [5, 5.41) is 0. The Morgan fingerprint density at radius 3 is 2.53 bits per heavy atom. The van der Waals surface area contributed by atoms with E-state index in [9.17, 15) is 0 Å². The molecule has 1 aliphatic carbocycles. The summed E-state index contributed by atoms with van der Waals surface area (Å²) < 4.78 is 0. The van der Waals surface area contributed by atoms with Gasteiger partial charge in [-0.25, -0.2) is 9.98 Å². The van der Waals surface area contributed by atoms with Crippen LogP contribution in [0.15, 0.2) is 34.3 Å². The average Bonchev–Trinajstić information content (AvgIpc) is 2.38. The second-order valence-corrected chi connectivity index (χ2v) is 4.82. The first-order chi connectivity index (χ1) is 8.34. The van der Waals surface area contributed by atoms with Crippen molar-refractivity contribution in [3.8, 4) is 0 Å². The van der Waals surface area contributed by atoms with Crippen molar-refractivity contribution in [2.24, 2.45) is 9.98 Å². The molecule has 0 spiro atoms. The summed E-state index contributed by atoms with van der Waals surface area (Å²) in [6, 6.07) is 11.8. The number of benzene rings is 1. The second kappa shape index (κ2) is 6.36. The monoisotopic (exact) mass is 228 g/mol. The summed E-state index contributed by atoms with van der Waals surface area (Å²) >= 11 is 0. The molecule has 0 aromatic heterocycles. The quantitative estimate of drug-likeness (QED) is 0.699. The van der Waals surface area contributed by atoms with E-state index < -0.39 is 0 Å². The van der Waals surface area contributed by atoms with Gasteiger partial charge in [0.25, 0.3) is 0 Å². The maximum absolute atomic E-state index is 4.40. The fraction of sp³-hybridized carbons (Fsp3) is 0.533. The maximum atomic E-state index is 4.40. The highest BCUT2D eigenvalue weighted by Gasteiger charge is 2.10. The molecule has 0 bridgehead atoms. The fourth-order valence-electron chi connectivity index (χ4n) is 2.15. The molecule has 0 heterocycles. The molecular formula is C15H20N2. The molecule has 0 saturated heterocycles. The Labute approximate surface area is 104 Å². The molecule has 1 saturated carbocycles. The first-order valence-electron chi connectivity index (χ1n) is 6.51. The van der Waals surface area contributed by atoms with Crippen LogP contribution in [-0.2, 0) is 6.54 Å². The minimum atomic E-state index is 0.477. The molecule has 0 aliphatic heterocycles. The third-order valence-electron chi connectivity index (χ3n) is 3.27. The van der Waals surface area contributed by atoms with E-state index in [1.807, 2.05) is 0 Å². The zero-order valence-corrected chi connectivity index (χ0v) is 10.5. The Balaban J connectivity index is 1.84. The summed E-state index contributed by atoms with van der Waals surface area (Å²) in [6.07, 6.45) is 6.42. The summed E-state index contributed by atoms with van der Waals surface area (Å²) in [6.45, 7) is 2.79. The molecule has 1 aromatic rings. The van der Waals surface area contributed by atoms with Gasteiger partial charge in [0, 0.05) is 0 Å². The minimum Gasteiger partial charge on any atom is -0.222 e. The Hall–Kier alpha value is -1.40. The molecule has 0 N–H and O–H groups in total. The highest BCUT2D eigenvalue weighted by molar-refractivity contribution is 5.42. The molecule has 0 unspecified atom stereocenters. The molecule has 1 fully saturated rings. The lowest BCUT2D eigenvalue weighted by atomic mass is 9.96. The number of hydrogen-bond acceptors (Lipinski definition) is 2. The van der Waals surface area contributed by atoms with E-state index in [1.165, 1.54) is 43.2 Å². The van der Waals surface area contributed by atoms with Gasteiger partial charge < -0.3 is 0 Å². The van der Waals surface area contributed by atoms with E-state index in [2.05, 4.69) is 47.2 Å². The molecular weight excluding hydrogens is 208 g/mol. The first-order valence-corrected chi connectivity index (χ1v) is 6.51.